The summed E-state index contributed by atoms with van der Waals surface area (Å²) < 4.78 is 5.20. The predicted molar refractivity (Wildman–Crippen MR) is 112 cm³/mol. The third-order valence-corrected chi connectivity index (χ3v) is 5.55. The second-order valence-electron chi connectivity index (χ2n) is 7.48. The number of benzene rings is 1. The number of nitrogens with zero attached hydrogens (tertiary/aromatic N) is 2. The van der Waals surface area contributed by atoms with Crippen LogP contribution < -0.4 is 15.8 Å². The topological polar surface area (TPSA) is 111 Å². The van der Waals surface area contributed by atoms with Crippen LogP contribution in [0.3, 0.4) is 0 Å². The maximum absolute atomic E-state index is 12.7. The first-order chi connectivity index (χ1) is 14.0. The summed E-state index contributed by atoms with van der Waals surface area (Å²) >= 11 is 0. The highest BCUT2D eigenvalue weighted by Gasteiger charge is 2.25. The molecule has 8 nitrogen and oxygen atoms in total. The minimum absolute atomic E-state index is 0.0275. The van der Waals surface area contributed by atoms with Crippen LogP contribution >= 0.6 is 0 Å². The molecule has 0 unspecified atom stereocenters. The number of hydrogen-bond acceptors (Lipinski definition) is 6. The van der Waals surface area contributed by atoms with E-state index < -0.39 is 4.92 Å². The molecule has 29 heavy (non-hydrogen) atoms. The number of piperidine rings is 1. The van der Waals surface area contributed by atoms with E-state index in [1.165, 1.54) is 24.8 Å². The van der Waals surface area contributed by atoms with Crippen LogP contribution in [0.2, 0.25) is 0 Å². The molecular weight excluding hydrogens is 372 g/mol. The number of rotatable bonds is 7. The van der Waals surface area contributed by atoms with Gasteiger partial charge in [0.15, 0.2) is 0 Å². The molecule has 0 aromatic heterocycles. The average Bonchev–Trinajstić information content (AvgIpc) is 2.73. The number of anilines is 1. The summed E-state index contributed by atoms with van der Waals surface area (Å²) in [7, 11) is 1.41. The number of carbonyl (C=O) groups is 1. The van der Waals surface area contributed by atoms with Gasteiger partial charge in [-0.15, -0.1) is 0 Å². The molecule has 1 aliphatic carbocycles. The van der Waals surface area contributed by atoms with Gasteiger partial charge in [0.1, 0.15) is 11.4 Å². The number of ether oxygens (including phenoxy) is 1. The van der Waals surface area contributed by atoms with Crippen LogP contribution in [-0.4, -0.2) is 48.5 Å². The molecule has 3 N–H and O–H groups in total. The largest absolute Gasteiger partial charge is 0.496 e. The van der Waals surface area contributed by atoms with Crippen LogP contribution in [0, 0.1) is 10.1 Å². The summed E-state index contributed by atoms with van der Waals surface area (Å²) in [6, 6.07) is 2.55. The fraction of sp³-hybridized carbons (Fsp3) is 0.476. The van der Waals surface area contributed by atoms with Gasteiger partial charge in [-0.1, -0.05) is 23.8 Å². The maximum atomic E-state index is 12.7. The molecule has 1 saturated heterocycles. The minimum Gasteiger partial charge on any atom is -0.496 e. The van der Waals surface area contributed by atoms with Gasteiger partial charge in [-0.05, 0) is 32.1 Å². The summed E-state index contributed by atoms with van der Waals surface area (Å²) in [5.41, 5.74) is 6.99. The zero-order valence-electron chi connectivity index (χ0n) is 16.7. The van der Waals surface area contributed by atoms with E-state index in [0.29, 0.717) is 0 Å². The van der Waals surface area contributed by atoms with Crippen molar-refractivity contribution in [2.45, 2.75) is 38.1 Å². The number of nitro groups is 1. The highest BCUT2D eigenvalue weighted by Crippen LogP contribution is 2.30. The summed E-state index contributed by atoms with van der Waals surface area (Å²) in [6.07, 6.45) is 11.6. The Bertz CT molecular complexity index is 826. The molecule has 1 aliphatic heterocycles. The molecule has 156 valence electrons. The van der Waals surface area contributed by atoms with Gasteiger partial charge in [-0.3, -0.25) is 14.9 Å². The average molecular weight is 400 g/mol. The number of hydrogen-bond donors (Lipinski definition) is 2. The van der Waals surface area contributed by atoms with Gasteiger partial charge < -0.3 is 20.7 Å². The summed E-state index contributed by atoms with van der Waals surface area (Å²) in [4.78, 5) is 25.7. The van der Waals surface area contributed by atoms with Crippen LogP contribution in [0.4, 0.5) is 11.4 Å². The molecule has 1 aromatic rings. The number of nitrogens with one attached hydrogen (secondary N) is 1. The van der Waals surface area contributed by atoms with Gasteiger partial charge in [0.2, 0.25) is 0 Å². The highest BCUT2D eigenvalue weighted by molar-refractivity contribution is 5.98. The third-order valence-electron chi connectivity index (χ3n) is 5.55. The molecule has 1 amide bonds. The Labute approximate surface area is 170 Å². The van der Waals surface area contributed by atoms with Crippen LogP contribution in [0.1, 0.15) is 42.5 Å². The zero-order valence-corrected chi connectivity index (χ0v) is 16.7. The van der Waals surface area contributed by atoms with Gasteiger partial charge in [0.05, 0.1) is 17.6 Å². The number of nitro benzene ring substituents is 1. The third kappa shape index (κ3) is 5.35. The highest BCUT2D eigenvalue weighted by atomic mass is 16.6. The van der Waals surface area contributed by atoms with Crippen molar-refractivity contribution in [2.75, 3.05) is 32.5 Å². The number of nitrogens with two attached hydrogens (primary N) is 1. The lowest BCUT2D eigenvalue weighted by molar-refractivity contribution is -0.383. The Morgan fingerprint density at radius 3 is 2.72 bits per heavy atom. The normalized spacial score (nSPS) is 17.6. The molecular formula is C21H28N4O4. The van der Waals surface area contributed by atoms with Gasteiger partial charge in [-0.2, -0.15) is 0 Å². The molecule has 2 aliphatic rings. The van der Waals surface area contributed by atoms with E-state index in [4.69, 9.17) is 10.5 Å². The molecule has 0 bridgehead atoms. The molecule has 0 radical (unpaired) electrons. The first kappa shape index (κ1) is 20.9. The molecule has 1 heterocycles. The van der Waals surface area contributed by atoms with E-state index in [-0.39, 0.29) is 34.6 Å². The fourth-order valence-corrected chi connectivity index (χ4v) is 3.81. The number of amides is 1. The lowest BCUT2D eigenvalue weighted by atomic mass is 10.0. The smallest absolute Gasteiger partial charge is 0.293 e. The second kappa shape index (κ2) is 9.56. The molecule has 0 saturated carbocycles. The van der Waals surface area contributed by atoms with E-state index in [2.05, 4.69) is 28.4 Å². The zero-order chi connectivity index (χ0) is 20.8. The lowest BCUT2D eigenvalue weighted by Crippen LogP contribution is -2.45. The molecule has 0 atom stereocenters. The van der Waals surface area contributed by atoms with Gasteiger partial charge in [0.25, 0.3) is 11.6 Å². The van der Waals surface area contributed by atoms with Crippen molar-refractivity contribution < 1.29 is 14.5 Å². The molecule has 1 fully saturated rings. The minimum atomic E-state index is -0.596. The first-order valence-corrected chi connectivity index (χ1v) is 9.96. The van der Waals surface area contributed by atoms with Gasteiger partial charge in [-0.25, -0.2) is 0 Å². The van der Waals surface area contributed by atoms with Crippen LogP contribution in [0.5, 0.6) is 5.75 Å². The molecule has 0 spiro atoms. The lowest BCUT2D eigenvalue weighted by Gasteiger charge is -2.32. The maximum Gasteiger partial charge on any atom is 0.293 e. The summed E-state index contributed by atoms with van der Waals surface area (Å²) in [5, 5.41) is 14.1. The van der Waals surface area contributed by atoms with E-state index in [9.17, 15) is 14.9 Å². The standard InChI is InChI=1S/C21H28N4O4/c1-29-20-14-18(22)19(25(27)28)13-17(20)21(26)23-16-8-11-24(12-9-16)10-7-15-5-3-2-4-6-15/h2-3,6,13-14,16H,4-5,7-12,22H2,1H3,(H,23,26). The number of likely N-dealkylation sites (tertiary alicyclic amines) is 1. The van der Waals surface area contributed by atoms with E-state index >= 15 is 0 Å². The van der Waals surface area contributed by atoms with Crippen molar-refractivity contribution in [1.29, 1.82) is 0 Å². The SMILES string of the molecule is COc1cc(N)c([N+](=O)[O-])cc1C(=O)NC1CCN(CCC2=CCC=CC2)CC1. The predicted octanol–water partition coefficient (Wildman–Crippen LogP) is 3.05. The Balaban J connectivity index is 1.53. The Morgan fingerprint density at radius 2 is 2.10 bits per heavy atom. The number of allylic oxidation sites excluding steroid dienone is 3. The van der Waals surface area contributed by atoms with Crippen molar-refractivity contribution in [3.63, 3.8) is 0 Å². The van der Waals surface area contributed by atoms with Gasteiger partial charge in [0, 0.05) is 37.8 Å². The van der Waals surface area contributed by atoms with Crippen LogP contribution in [0.15, 0.2) is 35.9 Å². The van der Waals surface area contributed by atoms with Crippen molar-refractivity contribution in [1.82, 2.24) is 10.2 Å². The van der Waals surface area contributed by atoms with Crippen molar-refractivity contribution in [2.24, 2.45) is 0 Å². The summed E-state index contributed by atoms with van der Waals surface area (Å²) in [5.74, 6) is -0.139. The van der Waals surface area contributed by atoms with Crippen molar-refractivity contribution in [3.05, 3.63) is 51.6 Å². The van der Waals surface area contributed by atoms with Crippen LogP contribution in [0.25, 0.3) is 0 Å². The van der Waals surface area contributed by atoms with Crippen LogP contribution in [-0.2, 0) is 0 Å². The summed E-state index contributed by atoms with van der Waals surface area (Å²) in [6.45, 7) is 2.89. The number of nitrogen functional groups attached to an aromatic ring is 1. The molecule has 8 heteroatoms. The van der Waals surface area contributed by atoms with E-state index in [0.717, 1.165) is 51.7 Å². The second-order valence-corrected chi connectivity index (χ2v) is 7.48. The molecule has 1 aromatic carbocycles. The van der Waals surface area contributed by atoms with Gasteiger partial charge >= 0.3 is 0 Å². The van der Waals surface area contributed by atoms with E-state index in [1.807, 2.05) is 0 Å². The number of carbonyl (C=O) groups excluding carboxylic acids is 1. The molecule has 3 rings (SSSR count). The monoisotopic (exact) mass is 400 g/mol. The number of methoxy groups -OCH3 is 1. The Morgan fingerprint density at radius 1 is 1.34 bits per heavy atom. The fourth-order valence-electron chi connectivity index (χ4n) is 3.81. The quantitative estimate of drug-likeness (QED) is 0.315. The first-order valence-electron chi connectivity index (χ1n) is 9.96. The van der Waals surface area contributed by atoms with E-state index in [1.54, 1.807) is 0 Å². The van der Waals surface area contributed by atoms with Crippen molar-refractivity contribution >= 4 is 17.3 Å². The Kier molecular flexibility index (Phi) is 6.87. The van der Waals surface area contributed by atoms with Crippen molar-refractivity contribution in [3.8, 4) is 5.75 Å². The Hall–Kier alpha value is -2.87.